The van der Waals surface area contributed by atoms with Crippen LogP contribution in [0.1, 0.15) is 36.2 Å². The van der Waals surface area contributed by atoms with Crippen LogP contribution in [0.25, 0.3) is 0 Å². The number of morpholine rings is 1. The maximum absolute atomic E-state index is 12.7. The number of phenols is 1. The number of carbonyl (C=O) groups excluding carboxylic acids is 1. The third kappa shape index (κ3) is 3.31. The van der Waals surface area contributed by atoms with Crippen LogP contribution in [0, 0.1) is 12.8 Å². The molecule has 4 nitrogen and oxygen atoms in total. The van der Waals surface area contributed by atoms with Crippen molar-refractivity contribution in [2.24, 2.45) is 5.92 Å². The predicted molar refractivity (Wildman–Crippen MR) is 77.9 cm³/mol. The number of hydrogen-bond acceptors (Lipinski definition) is 3. The monoisotopic (exact) mass is 277 g/mol. The Morgan fingerprint density at radius 3 is 2.90 bits per heavy atom. The van der Waals surface area contributed by atoms with Crippen LogP contribution in [0.15, 0.2) is 18.2 Å². The molecule has 0 bridgehead atoms. The third-order valence-electron chi connectivity index (χ3n) is 3.67. The fraction of sp³-hybridized carbons (Fsp3) is 0.562. The topological polar surface area (TPSA) is 49.8 Å². The van der Waals surface area contributed by atoms with Gasteiger partial charge in [-0.1, -0.05) is 13.8 Å². The van der Waals surface area contributed by atoms with E-state index in [1.165, 1.54) is 0 Å². The second-order valence-corrected chi connectivity index (χ2v) is 5.86. The smallest absolute Gasteiger partial charge is 0.254 e. The lowest BCUT2D eigenvalue weighted by atomic mass is 10.00. The van der Waals surface area contributed by atoms with Crippen molar-refractivity contribution in [3.8, 4) is 5.75 Å². The first-order valence-electron chi connectivity index (χ1n) is 7.17. The highest BCUT2D eigenvalue weighted by atomic mass is 16.5. The van der Waals surface area contributed by atoms with Crippen LogP contribution in [0.4, 0.5) is 0 Å². The van der Waals surface area contributed by atoms with Crippen molar-refractivity contribution in [2.45, 2.75) is 33.2 Å². The maximum Gasteiger partial charge on any atom is 0.254 e. The average Bonchev–Trinajstić information content (AvgIpc) is 2.38. The summed E-state index contributed by atoms with van der Waals surface area (Å²) in [5.41, 5.74) is 1.48. The standard InChI is InChI=1S/C16H23NO3/c1-11(2)8-13-10-20-7-6-17(13)16(19)15-5-4-14(18)9-12(15)3/h4-5,9,11,13,18H,6-8,10H2,1-3H3. The van der Waals surface area contributed by atoms with E-state index < -0.39 is 0 Å². The number of aromatic hydroxyl groups is 1. The Bertz CT molecular complexity index is 485. The highest BCUT2D eigenvalue weighted by Crippen LogP contribution is 2.22. The number of aryl methyl sites for hydroxylation is 1. The molecule has 1 aromatic carbocycles. The summed E-state index contributed by atoms with van der Waals surface area (Å²) in [6, 6.07) is 5.04. The maximum atomic E-state index is 12.7. The Hall–Kier alpha value is -1.55. The van der Waals surface area contributed by atoms with E-state index in [1.54, 1.807) is 18.2 Å². The van der Waals surface area contributed by atoms with Crippen LogP contribution in [0.3, 0.4) is 0 Å². The summed E-state index contributed by atoms with van der Waals surface area (Å²) in [6.07, 6.45) is 0.947. The highest BCUT2D eigenvalue weighted by molar-refractivity contribution is 5.96. The zero-order valence-electron chi connectivity index (χ0n) is 12.4. The Morgan fingerprint density at radius 2 is 2.25 bits per heavy atom. The van der Waals surface area contributed by atoms with Crippen molar-refractivity contribution < 1.29 is 14.6 Å². The quantitative estimate of drug-likeness (QED) is 0.924. The van der Waals surface area contributed by atoms with Crippen LogP contribution in [-0.2, 0) is 4.74 Å². The molecule has 1 atom stereocenters. The largest absolute Gasteiger partial charge is 0.508 e. The van der Waals surface area contributed by atoms with Crippen LogP contribution >= 0.6 is 0 Å². The van der Waals surface area contributed by atoms with E-state index in [9.17, 15) is 9.90 Å². The Balaban J connectivity index is 2.20. The van der Waals surface area contributed by atoms with E-state index in [-0.39, 0.29) is 17.7 Å². The van der Waals surface area contributed by atoms with Gasteiger partial charge < -0.3 is 14.7 Å². The molecule has 1 aromatic rings. The molecule has 1 amide bonds. The van der Waals surface area contributed by atoms with Gasteiger partial charge in [0.2, 0.25) is 0 Å². The molecule has 0 saturated carbocycles. The van der Waals surface area contributed by atoms with Crippen molar-refractivity contribution in [3.63, 3.8) is 0 Å². The summed E-state index contributed by atoms with van der Waals surface area (Å²) in [5.74, 6) is 0.758. The number of phenolic OH excluding ortho intramolecular Hbond substituents is 1. The molecule has 1 aliphatic rings. The van der Waals surface area contributed by atoms with Gasteiger partial charge in [-0.3, -0.25) is 4.79 Å². The minimum Gasteiger partial charge on any atom is -0.508 e. The minimum absolute atomic E-state index is 0.0384. The van der Waals surface area contributed by atoms with Gasteiger partial charge in [0, 0.05) is 12.1 Å². The zero-order chi connectivity index (χ0) is 14.7. The summed E-state index contributed by atoms with van der Waals surface area (Å²) in [6.45, 7) is 8.01. The van der Waals surface area contributed by atoms with Gasteiger partial charge in [-0.2, -0.15) is 0 Å². The van der Waals surface area contributed by atoms with Gasteiger partial charge in [0.25, 0.3) is 5.91 Å². The second kappa shape index (κ2) is 6.27. The van der Waals surface area contributed by atoms with Crippen LogP contribution in [-0.4, -0.2) is 41.7 Å². The number of carbonyl (C=O) groups is 1. The number of benzene rings is 1. The molecule has 0 radical (unpaired) electrons. The van der Waals surface area contributed by atoms with Gasteiger partial charge in [0.15, 0.2) is 0 Å². The van der Waals surface area contributed by atoms with E-state index in [0.717, 1.165) is 12.0 Å². The van der Waals surface area contributed by atoms with Gasteiger partial charge in [-0.15, -0.1) is 0 Å². The first kappa shape index (κ1) is 14.9. The number of rotatable bonds is 3. The van der Waals surface area contributed by atoms with Gasteiger partial charge in [0.05, 0.1) is 19.3 Å². The predicted octanol–water partition coefficient (Wildman–Crippen LogP) is 2.59. The summed E-state index contributed by atoms with van der Waals surface area (Å²) in [5, 5.41) is 9.46. The molecule has 0 aromatic heterocycles. The van der Waals surface area contributed by atoms with E-state index in [1.807, 2.05) is 11.8 Å². The molecule has 4 heteroatoms. The Labute approximate surface area is 120 Å². The van der Waals surface area contributed by atoms with E-state index in [2.05, 4.69) is 13.8 Å². The van der Waals surface area contributed by atoms with Crippen molar-refractivity contribution in [3.05, 3.63) is 29.3 Å². The normalized spacial score (nSPS) is 19.4. The molecule has 20 heavy (non-hydrogen) atoms. The van der Waals surface area contributed by atoms with Crippen molar-refractivity contribution in [1.29, 1.82) is 0 Å². The summed E-state index contributed by atoms with van der Waals surface area (Å²) in [4.78, 5) is 14.6. The lowest BCUT2D eigenvalue weighted by Crippen LogP contribution is -2.49. The molecule has 1 saturated heterocycles. The molecular weight excluding hydrogens is 254 g/mol. The summed E-state index contributed by atoms with van der Waals surface area (Å²) in [7, 11) is 0. The van der Waals surface area contributed by atoms with Crippen molar-refractivity contribution >= 4 is 5.91 Å². The number of nitrogens with zero attached hydrogens (tertiary/aromatic N) is 1. The molecule has 1 N–H and O–H groups in total. The first-order valence-corrected chi connectivity index (χ1v) is 7.17. The third-order valence-corrected chi connectivity index (χ3v) is 3.67. The van der Waals surface area contributed by atoms with Crippen LogP contribution in [0.5, 0.6) is 5.75 Å². The van der Waals surface area contributed by atoms with Gasteiger partial charge in [0.1, 0.15) is 5.75 Å². The van der Waals surface area contributed by atoms with Crippen LogP contribution in [0.2, 0.25) is 0 Å². The SMILES string of the molecule is Cc1cc(O)ccc1C(=O)N1CCOCC1CC(C)C. The summed E-state index contributed by atoms with van der Waals surface area (Å²) < 4.78 is 5.51. The van der Waals surface area contributed by atoms with Gasteiger partial charge in [-0.05, 0) is 43.0 Å². The molecular formula is C16H23NO3. The highest BCUT2D eigenvalue weighted by Gasteiger charge is 2.29. The zero-order valence-corrected chi connectivity index (χ0v) is 12.4. The fourth-order valence-electron chi connectivity index (χ4n) is 2.70. The summed E-state index contributed by atoms with van der Waals surface area (Å²) >= 11 is 0. The Kier molecular flexibility index (Phi) is 4.65. The van der Waals surface area contributed by atoms with E-state index in [0.29, 0.717) is 31.2 Å². The Morgan fingerprint density at radius 1 is 1.50 bits per heavy atom. The van der Waals surface area contributed by atoms with E-state index in [4.69, 9.17) is 4.74 Å². The number of amides is 1. The lowest BCUT2D eigenvalue weighted by Gasteiger charge is -2.37. The van der Waals surface area contributed by atoms with Crippen molar-refractivity contribution in [1.82, 2.24) is 4.90 Å². The lowest BCUT2D eigenvalue weighted by molar-refractivity contribution is -0.00750. The molecule has 1 fully saturated rings. The number of ether oxygens (including phenoxy) is 1. The van der Waals surface area contributed by atoms with E-state index >= 15 is 0 Å². The van der Waals surface area contributed by atoms with Gasteiger partial charge >= 0.3 is 0 Å². The average molecular weight is 277 g/mol. The fourth-order valence-corrected chi connectivity index (χ4v) is 2.70. The minimum atomic E-state index is 0.0384. The van der Waals surface area contributed by atoms with Gasteiger partial charge in [-0.25, -0.2) is 0 Å². The molecule has 110 valence electrons. The molecule has 0 spiro atoms. The first-order chi connectivity index (χ1) is 9.49. The molecule has 1 heterocycles. The second-order valence-electron chi connectivity index (χ2n) is 5.86. The molecule has 2 rings (SSSR count). The van der Waals surface area contributed by atoms with Crippen LogP contribution < -0.4 is 0 Å². The molecule has 1 aliphatic heterocycles. The van der Waals surface area contributed by atoms with Crippen molar-refractivity contribution in [2.75, 3.05) is 19.8 Å². The molecule has 0 aliphatic carbocycles. The molecule has 1 unspecified atom stereocenters. The number of hydrogen-bond donors (Lipinski definition) is 1.